The maximum absolute atomic E-state index is 12.8. The molecule has 3 heterocycles. The molecule has 0 aliphatic carbocycles. The standard InChI is InChI=1S/C20H22N6O3.C3H4N2O/c1-13(27)2-3-14-4-5-15(18(21)19(28)26-8-10-29-11-9-26)16(12-14)24-17-6-7-23-20(22)25-17;1-3-4-2-5-6-3/h4-7,12-13,21,27H,8-11H2,1H3,(H3,22,23,24,25);2H,1H3/t13-;/m1./s1. The molecule has 0 saturated carbocycles. The van der Waals surface area contributed by atoms with E-state index >= 15 is 0 Å². The number of aryl methyl sites for hydroxylation is 1. The molecule has 1 atom stereocenters. The van der Waals surface area contributed by atoms with Crippen molar-refractivity contribution in [3.8, 4) is 11.8 Å². The Hall–Kier alpha value is -4.34. The molecule has 1 aliphatic heterocycles. The van der Waals surface area contributed by atoms with Crippen LogP contribution in [0.2, 0.25) is 0 Å². The first-order valence-electron chi connectivity index (χ1n) is 10.7. The number of aliphatic hydroxyl groups is 1. The zero-order valence-electron chi connectivity index (χ0n) is 19.4. The molecule has 1 aliphatic rings. The Labute approximate surface area is 202 Å². The number of nitrogen functional groups attached to an aromatic ring is 1. The van der Waals surface area contributed by atoms with Gasteiger partial charge in [-0.25, -0.2) is 4.98 Å². The molecule has 1 aromatic carbocycles. The number of amides is 1. The Morgan fingerprint density at radius 2 is 2.06 bits per heavy atom. The molecule has 4 rings (SSSR count). The van der Waals surface area contributed by atoms with E-state index in [-0.39, 0.29) is 17.6 Å². The van der Waals surface area contributed by atoms with Gasteiger partial charge in [0.25, 0.3) is 5.91 Å². The van der Waals surface area contributed by atoms with Crippen molar-refractivity contribution in [2.75, 3.05) is 37.4 Å². The largest absolute Gasteiger partial charge is 0.381 e. The lowest BCUT2D eigenvalue weighted by Gasteiger charge is -2.27. The lowest BCUT2D eigenvalue weighted by Crippen LogP contribution is -2.44. The van der Waals surface area contributed by atoms with Gasteiger partial charge in [-0.05, 0) is 31.2 Å². The number of nitrogens with zero attached hydrogens (tertiary/aromatic N) is 5. The Kier molecular flexibility index (Phi) is 8.82. The summed E-state index contributed by atoms with van der Waals surface area (Å²) in [5.74, 6) is 6.29. The summed E-state index contributed by atoms with van der Waals surface area (Å²) in [7, 11) is 0. The second kappa shape index (κ2) is 12.2. The van der Waals surface area contributed by atoms with Crippen molar-refractivity contribution in [3.05, 3.63) is 53.8 Å². The first kappa shape index (κ1) is 25.3. The predicted octanol–water partition coefficient (Wildman–Crippen LogP) is 1.14. The Bertz CT molecular complexity index is 1210. The van der Waals surface area contributed by atoms with Gasteiger partial charge in [0.15, 0.2) is 6.33 Å². The summed E-state index contributed by atoms with van der Waals surface area (Å²) in [5, 5.41) is 24.3. The second-order valence-corrected chi connectivity index (χ2v) is 7.37. The molecule has 0 bridgehead atoms. The van der Waals surface area contributed by atoms with Gasteiger partial charge in [-0.2, -0.15) is 9.97 Å². The van der Waals surface area contributed by atoms with Crippen molar-refractivity contribution in [1.29, 1.82) is 5.41 Å². The van der Waals surface area contributed by atoms with Gasteiger partial charge in [0.1, 0.15) is 17.6 Å². The third kappa shape index (κ3) is 7.60. The van der Waals surface area contributed by atoms with E-state index in [4.69, 9.17) is 15.9 Å². The van der Waals surface area contributed by atoms with Gasteiger partial charge < -0.3 is 30.3 Å². The predicted molar refractivity (Wildman–Crippen MR) is 128 cm³/mol. The van der Waals surface area contributed by atoms with Crippen LogP contribution in [0.4, 0.5) is 17.5 Å². The van der Waals surface area contributed by atoms with Gasteiger partial charge in [-0.15, -0.1) is 0 Å². The summed E-state index contributed by atoms with van der Waals surface area (Å²) in [4.78, 5) is 26.0. The topological polar surface area (TPSA) is 176 Å². The van der Waals surface area contributed by atoms with Crippen LogP contribution in [0.3, 0.4) is 0 Å². The van der Waals surface area contributed by atoms with E-state index in [1.807, 2.05) is 0 Å². The molecule has 1 amide bonds. The molecule has 182 valence electrons. The summed E-state index contributed by atoms with van der Waals surface area (Å²) in [6, 6.07) is 6.68. The fraction of sp³-hybridized carbons (Fsp3) is 0.304. The zero-order chi connectivity index (χ0) is 25.2. The highest BCUT2D eigenvalue weighted by molar-refractivity contribution is 6.45. The number of aliphatic hydroxyl groups excluding tert-OH is 1. The zero-order valence-corrected chi connectivity index (χ0v) is 19.4. The van der Waals surface area contributed by atoms with Crippen LogP contribution in [0.1, 0.15) is 23.9 Å². The number of carbonyl (C=O) groups excluding carboxylic acids is 1. The lowest BCUT2D eigenvalue weighted by molar-refractivity contribution is -0.128. The normalized spacial score (nSPS) is 13.5. The van der Waals surface area contributed by atoms with Crippen LogP contribution in [0, 0.1) is 24.2 Å². The minimum absolute atomic E-state index is 0.0982. The summed E-state index contributed by atoms with van der Waals surface area (Å²) in [5.41, 5.74) is 6.99. The van der Waals surface area contributed by atoms with Crippen molar-refractivity contribution >= 4 is 29.1 Å². The monoisotopic (exact) mass is 478 g/mol. The Morgan fingerprint density at radius 1 is 1.29 bits per heavy atom. The number of nitrogens with one attached hydrogen (secondary N) is 2. The van der Waals surface area contributed by atoms with E-state index in [2.05, 4.69) is 41.8 Å². The number of hydrogen-bond acceptors (Lipinski definition) is 11. The van der Waals surface area contributed by atoms with Crippen molar-refractivity contribution in [3.63, 3.8) is 0 Å². The molecule has 5 N–H and O–H groups in total. The lowest BCUT2D eigenvalue weighted by atomic mass is 10.0. The SMILES string of the molecule is C[C@@H](O)C#Cc1ccc(C(=N)C(=O)N2CCOCC2)c(Nc2ccnc(N)n2)c1.Cc1ncno1. The maximum atomic E-state index is 12.8. The van der Waals surface area contributed by atoms with Crippen molar-refractivity contribution in [1.82, 2.24) is 25.0 Å². The fourth-order valence-electron chi connectivity index (χ4n) is 2.98. The number of benzene rings is 1. The average Bonchev–Trinajstić information content (AvgIpc) is 3.34. The average molecular weight is 479 g/mol. The molecule has 1 fully saturated rings. The molecule has 12 heteroatoms. The van der Waals surface area contributed by atoms with Crippen LogP contribution in [0.5, 0.6) is 0 Å². The first-order chi connectivity index (χ1) is 16.8. The van der Waals surface area contributed by atoms with Crippen LogP contribution in [-0.4, -0.2) is 74.1 Å². The number of hydrogen-bond donors (Lipinski definition) is 4. The number of carbonyl (C=O) groups is 1. The number of morpholine rings is 1. The fourth-order valence-corrected chi connectivity index (χ4v) is 2.98. The van der Waals surface area contributed by atoms with Gasteiger partial charge in [0.05, 0.1) is 18.9 Å². The van der Waals surface area contributed by atoms with E-state index < -0.39 is 6.10 Å². The summed E-state index contributed by atoms with van der Waals surface area (Å²) in [6.45, 7) is 5.12. The van der Waals surface area contributed by atoms with Crippen molar-refractivity contribution in [2.45, 2.75) is 20.0 Å². The van der Waals surface area contributed by atoms with E-state index in [0.29, 0.717) is 54.8 Å². The van der Waals surface area contributed by atoms with E-state index in [1.54, 1.807) is 43.0 Å². The van der Waals surface area contributed by atoms with E-state index in [9.17, 15) is 9.90 Å². The smallest absolute Gasteiger partial charge is 0.272 e. The van der Waals surface area contributed by atoms with Gasteiger partial charge in [0, 0.05) is 37.3 Å². The molecule has 12 nitrogen and oxygen atoms in total. The highest BCUT2D eigenvalue weighted by Crippen LogP contribution is 2.23. The summed E-state index contributed by atoms with van der Waals surface area (Å²) >= 11 is 0. The quantitative estimate of drug-likeness (QED) is 0.314. The Balaban J connectivity index is 0.000000497. The molecule has 0 spiro atoms. The van der Waals surface area contributed by atoms with Crippen LogP contribution in [0.25, 0.3) is 0 Å². The van der Waals surface area contributed by atoms with Gasteiger partial charge in [0.2, 0.25) is 11.8 Å². The molecule has 2 aromatic heterocycles. The van der Waals surface area contributed by atoms with Crippen LogP contribution in [0.15, 0.2) is 41.3 Å². The number of ether oxygens (including phenoxy) is 1. The van der Waals surface area contributed by atoms with Gasteiger partial charge in [-0.3, -0.25) is 10.2 Å². The third-order valence-electron chi connectivity index (χ3n) is 4.63. The minimum Gasteiger partial charge on any atom is -0.381 e. The van der Waals surface area contributed by atoms with Crippen molar-refractivity contribution in [2.24, 2.45) is 0 Å². The molecule has 35 heavy (non-hydrogen) atoms. The molecular weight excluding hydrogens is 452 g/mol. The minimum atomic E-state index is -0.769. The van der Waals surface area contributed by atoms with Gasteiger partial charge >= 0.3 is 0 Å². The second-order valence-electron chi connectivity index (χ2n) is 7.37. The number of aromatic nitrogens is 4. The number of nitrogens with two attached hydrogens (primary N) is 1. The number of anilines is 3. The van der Waals surface area contributed by atoms with Gasteiger partial charge in [-0.1, -0.05) is 17.0 Å². The molecule has 3 aromatic rings. The van der Waals surface area contributed by atoms with Crippen LogP contribution >= 0.6 is 0 Å². The summed E-state index contributed by atoms with van der Waals surface area (Å²) < 4.78 is 9.74. The highest BCUT2D eigenvalue weighted by atomic mass is 16.5. The Morgan fingerprint density at radius 3 is 2.66 bits per heavy atom. The van der Waals surface area contributed by atoms with E-state index in [0.717, 1.165) is 0 Å². The molecule has 0 radical (unpaired) electrons. The molecule has 0 unspecified atom stereocenters. The summed E-state index contributed by atoms with van der Waals surface area (Å²) in [6.07, 6.45) is 2.11. The highest BCUT2D eigenvalue weighted by Gasteiger charge is 2.24. The number of rotatable bonds is 4. The van der Waals surface area contributed by atoms with Crippen molar-refractivity contribution < 1.29 is 19.2 Å². The maximum Gasteiger partial charge on any atom is 0.272 e. The van der Waals surface area contributed by atoms with E-state index in [1.165, 1.54) is 12.5 Å². The van der Waals surface area contributed by atoms with Crippen LogP contribution < -0.4 is 11.1 Å². The van der Waals surface area contributed by atoms with Crippen LogP contribution in [-0.2, 0) is 9.53 Å². The molecular formula is C23H26N8O4. The molecule has 1 saturated heterocycles. The first-order valence-corrected chi connectivity index (χ1v) is 10.7. The third-order valence-corrected chi connectivity index (χ3v) is 4.63.